The smallest absolute Gasteiger partial charge is 0.318 e. The molecule has 0 atom stereocenters. The van der Waals surface area contributed by atoms with Gasteiger partial charge in [0.2, 0.25) is 0 Å². The van der Waals surface area contributed by atoms with Gasteiger partial charge in [0.05, 0.1) is 16.3 Å². The molecule has 10 heteroatoms. The van der Waals surface area contributed by atoms with Crippen LogP contribution in [0.15, 0.2) is 59.5 Å². The van der Waals surface area contributed by atoms with Crippen LogP contribution in [0.2, 0.25) is 0 Å². The topological polar surface area (TPSA) is 153 Å². The van der Waals surface area contributed by atoms with Crippen molar-refractivity contribution in [1.29, 1.82) is 0 Å². The Kier molecular flexibility index (Phi) is 5.64. The molecule has 0 spiro atoms. The van der Waals surface area contributed by atoms with Crippen LogP contribution >= 0.6 is 0 Å². The summed E-state index contributed by atoms with van der Waals surface area (Å²) < 4.78 is 25.3. The number of nitrogens with two attached hydrogens (primary N) is 2. The van der Waals surface area contributed by atoms with Crippen molar-refractivity contribution in [2.75, 3.05) is 23.8 Å². The summed E-state index contributed by atoms with van der Waals surface area (Å²) in [5, 5.41) is 5.10. The van der Waals surface area contributed by atoms with Gasteiger partial charge in [-0.15, -0.1) is 0 Å². The summed E-state index contributed by atoms with van der Waals surface area (Å²) >= 11 is 0. The first-order valence-corrected chi connectivity index (χ1v) is 10.2. The number of rotatable bonds is 5. The molecule has 9 nitrogen and oxygen atoms in total. The molecule has 0 bridgehead atoms. The maximum Gasteiger partial charge on any atom is 0.318 e. The van der Waals surface area contributed by atoms with Crippen LogP contribution in [0, 0.1) is 0 Å². The van der Waals surface area contributed by atoms with Gasteiger partial charge in [0.1, 0.15) is 5.82 Å². The van der Waals surface area contributed by atoms with Gasteiger partial charge < -0.3 is 22.1 Å². The summed E-state index contributed by atoms with van der Waals surface area (Å²) in [5.74, 6) is 0.122. The second-order valence-electron chi connectivity index (χ2n) is 6.22. The summed E-state index contributed by atoms with van der Waals surface area (Å²) in [6.45, 7) is 0. The minimum absolute atomic E-state index is 0.148. The van der Waals surface area contributed by atoms with Crippen LogP contribution in [-0.4, -0.2) is 31.5 Å². The number of sulfone groups is 1. The number of carbonyl (C=O) groups is 1. The number of anilines is 3. The number of carbonyl (C=O) groups excluding carboxylic acids is 1. The zero-order valence-corrected chi connectivity index (χ0v) is 16.4. The zero-order valence-electron chi connectivity index (χ0n) is 15.6. The fraction of sp³-hybridized carbons (Fsp3) is 0.105. The van der Waals surface area contributed by atoms with Crippen molar-refractivity contribution in [3.05, 3.63) is 60.3 Å². The van der Waals surface area contributed by atoms with Gasteiger partial charge >= 0.3 is 6.03 Å². The third-order valence-electron chi connectivity index (χ3n) is 4.00. The van der Waals surface area contributed by atoms with E-state index in [1.807, 2.05) is 0 Å². The molecule has 3 rings (SSSR count). The van der Waals surface area contributed by atoms with E-state index >= 15 is 0 Å². The predicted octanol–water partition coefficient (Wildman–Crippen LogP) is 2.03. The Balaban J connectivity index is 1.86. The Labute approximate surface area is 168 Å². The second kappa shape index (κ2) is 8.15. The van der Waals surface area contributed by atoms with Crippen molar-refractivity contribution in [3.8, 4) is 11.4 Å². The van der Waals surface area contributed by atoms with Gasteiger partial charge in [-0.25, -0.2) is 23.2 Å². The number of nitrogens with one attached hydrogen (secondary N) is 2. The zero-order chi connectivity index (χ0) is 21.0. The molecule has 150 valence electrons. The average Bonchev–Trinajstić information content (AvgIpc) is 2.68. The number of benzene rings is 2. The van der Waals surface area contributed by atoms with Gasteiger partial charge in [0, 0.05) is 30.1 Å². The number of hydrogen-bond donors (Lipinski definition) is 4. The summed E-state index contributed by atoms with van der Waals surface area (Å²) in [7, 11) is -2.11. The van der Waals surface area contributed by atoms with Gasteiger partial charge in [-0.2, -0.15) is 0 Å². The van der Waals surface area contributed by atoms with E-state index in [0.717, 1.165) is 0 Å². The number of amides is 2. The van der Waals surface area contributed by atoms with Gasteiger partial charge in [-0.1, -0.05) is 0 Å². The SMILES string of the molecule is CNC(=O)Nc1ccc(-c2nc(N)cc(CS(=O)(=O)c3ccc(N)cc3)n2)cc1. The molecule has 1 aromatic heterocycles. The largest absolute Gasteiger partial charge is 0.399 e. The second-order valence-corrected chi connectivity index (χ2v) is 8.21. The Bertz CT molecular complexity index is 1130. The Morgan fingerprint density at radius 1 is 1.00 bits per heavy atom. The normalized spacial score (nSPS) is 11.1. The Morgan fingerprint density at radius 3 is 2.28 bits per heavy atom. The maximum atomic E-state index is 12.7. The minimum atomic E-state index is -3.62. The molecule has 0 saturated carbocycles. The lowest BCUT2D eigenvalue weighted by molar-refractivity contribution is 0.254. The van der Waals surface area contributed by atoms with Crippen LogP contribution < -0.4 is 22.1 Å². The van der Waals surface area contributed by atoms with E-state index in [1.165, 1.54) is 37.4 Å². The van der Waals surface area contributed by atoms with Crippen LogP contribution in [0.1, 0.15) is 5.69 Å². The van der Waals surface area contributed by atoms with E-state index < -0.39 is 9.84 Å². The van der Waals surface area contributed by atoms with Crippen LogP contribution in [0.5, 0.6) is 0 Å². The van der Waals surface area contributed by atoms with Crippen molar-refractivity contribution in [1.82, 2.24) is 15.3 Å². The van der Waals surface area contributed by atoms with Crippen molar-refractivity contribution in [3.63, 3.8) is 0 Å². The molecule has 29 heavy (non-hydrogen) atoms. The quantitative estimate of drug-likeness (QED) is 0.468. The average molecular weight is 412 g/mol. The molecule has 0 aliphatic rings. The first-order valence-electron chi connectivity index (χ1n) is 8.58. The molecule has 0 aliphatic carbocycles. The molecule has 0 saturated heterocycles. The number of nitrogens with zero attached hydrogens (tertiary/aromatic N) is 2. The number of urea groups is 1. The maximum absolute atomic E-state index is 12.7. The predicted molar refractivity (Wildman–Crippen MR) is 112 cm³/mol. The van der Waals surface area contributed by atoms with Gasteiger partial charge in [0.15, 0.2) is 15.7 Å². The number of nitrogen functional groups attached to an aromatic ring is 2. The molecular formula is C19H20N6O3S. The van der Waals surface area contributed by atoms with E-state index in [0.29, 0.717) is 22.8 Å². The van der Waals surface area contributed by atoms with Crippen LogP contribution in [0.3, 0.4) is 0 Å². The summed E-state index contributed by atoms with van der Waals surface area (Å²) in [4.78, 5) is 20.0. The van der Waals surface area contributed by atoms with Crippen LogP contribution in [0.4, 0.5) is 22.0 Å². The van der Waals surface area contributed by atoms with E-state index in [1.54, 1.807) is 24.3 Å². The fourth-order valence-corrected chi connectivity index (χ4v) is 3.83. The lowest BCUT2D eigenvalue weighted by atomic mass is 10.2. The van der Waals surface area contributed by atoms with Crippen LogP contribution in [0.25, 0.3) is 11.4 Å². The molecule has 2 aromatic carbocycles. The monoisotopic (exact) mass is 412 g/mol. The number of hydrogen-bond acceptors (Lipinski definition) is 7. The van der Waals surface area contributed by atoms with Gasteiger partial charge in [0.25, 0.3) is 0 Å². The van der Waals surface area contributed by atoms with E-state index in [9.17, 15) is 13.2 Å². The molecule has 3 aromatic rings. The Morgan fingerprint density at radius 2 is 1.66 bits per heavy atom. The van der Waals surface area contributed by atoms with E-state index in [-0.39, 0.29) is 28.2 Å². The lowest BCUT2D eigenvalue weighted by Crippen LogP contribution is -2.24. The van der Waals surface area contributed by atoms with Crippen molar-refractivity contribution >= 4 is 33.1 Å². The molecular weight excluding hydrogens is 392 g/mol. The highest BCUT2D eigenvalue weighted by Crippen LogP contribution is 2.22. The summed E-state index contributed by atoms with van der Waals surface area (Å²) in [6.07, 6.45) is 0. The van der Waals surface area contributed by atoms with Gasteiger partial charge in [-0.3, -0.25) is 0 Å². The highest BCUT2D eigenvalue weighted by atomic mass is 32.2. The molecule has 6 N–H and O–H groups in total. The minimum Gasteiger partial charge on any atom is -0.399 e. The molecule has 1 heterocycles. The third-order valence-corrected chi connectivity index (χ3v) is 5.67. The molecule has 0 fully saturated rings. The Hall–Kier alpha value is -3.66. The fourth-order valence-electron chi connectivity index (χ4n) is 2.57. The number of aromatic nitrogens is 2. The molecule has 2 amide bonds. The molecule has 0 radical (unpaired) electrons. The van der Waals surface area contributed by atoms with Crippen LogP contribution in [-0.2, 0) is 15.6 Å². The third kappa shape index (κ3) is 4.99. The highest BCUT2D eigenvalue weighted by molar-refractivity contribution is 7.90. The molecule has 0 unspecified atom stereocenters. The van der Waals surface area contributed by atoms with Gasteiger partial charge in [-0.05, 0) is 48.5 Å². The first-order chi connectivity index (χ1) is 13.8. The summed E-state index contributed by atoms with van der Waals surface area (Å²) in [6, 6.07) is 13.8. The van der Waals surface area contributed by atoms with E-state index in [2.05, 4.69) is 20.6 Å². The highest BCUT2D eigenvalue weighted by Gasteiger charge is 2.18. The standard InChI is InChI=1S/C19H20N6O3S/c1-22-19(26)24-14-6-2-12(3-7-14)18-23-15(10-17(21)25-18)11-29(27,28)16-8-4-13(20)5-9-16/h2-10H,11,20H2,1H3,(H2,21,23,25)(H2,22,24,26). The van der Waals surface area contributed by atoms with Crippen molar-refractivity contribution in [2.24, 2.45) is 0 Å². The lowest BCUT2D eigenvalue weighted by Gasteiger charge is -2.09. The van der Waals surface area contributed by atoms with Crippen molar-refractivity contribution < 1.29 is 13.2 Å². The summed E-state index contributed by atoms with van der Waals surface area (Å²) in [5.41, 5.74) is 13.4. The molecule has 0 aliphatic heterocycles. The van der Waals surface area contributed by atoms with E-state index in [4.69, 9.17) is 11.5 Å². The van der Waals surface area contributed by atoms with Crippen molar-refractivity contribution in [2.45, 2.75) is 10.6 Å². The first kappa shape index (κ1) is 20.1.